The van der Waals surface area contributed by atoms with Gasteiger partial charge in [0.05, 0.1) is 19.0 Å². The highest BCUT2D eigenvalue weighted by Gasteiger charge is 2.18. The predicted molar refractivity (Wildman–Crippen MR) is 95.7 cm³/mol. The van der Waals surface area contributed by atoms with Crippen LogP contribution in [0.15, 0.2) is 35.1 Å². The Morgan fingerprint density at radius 2 is 2.22 bits per heavy atom. The van der Waals surface area contributed by atoms with Gasteiger partial charge >= 0.3 is 0 Å². The summed E-state index contributed by atoms with van der Waals surface area (Å²) in [5, 5.41) is 6.64. The number of piperazine rings is 1. The molecule has 0 aromatic carbocycles. The monoisotopic (exact) mass is 377 g/mol. The van der Waals surface area contributed by atoms with Crippen molar-refractivity contribution in [3.05, 3.63) is 35.1 Å². The largest absolute Gasteiger partial charge is 0.480 e. The van der Waals surface area contributed by atoms with Gasteiger partial charge in [-0.3, -0.25) is 0 Å². The fourth-order valence-corrected chi connectivity index (χ4v) is 3.00. The summed E-state index contributed by atoms with van der Waals surface area (Å²) in [7, 11) is 1.60. The molecule has 122 valence electrons. The number of halogens is 1. The molecular formula is C16H20BrN5O. The summed E-state index contributed by atoms with van der Waals surface area (Å²) in [6, 6.07) is 6.46. The van der Waals surface area contributed by atoms with Crippen molar-refractivity contribution in [2.75, 3.05) is 37.0 Å². The average molecular weight is 378 g/mol. The third kappa shape index (κ3) is 3.73. The van der Waals surface area contributed by atoms with Gasteiger partial charge in [0.15, 0.2) is 0 Å². The Labute approximate surface area is 144 Å². The second kappa shape index (κ2) is 7.14. The first-order valence-electron chi connectivity index (χ1n) is 7.57. The molecule has 0 saturated carbocycles. The Kier molecular flexibility index (Phi) is 4.97. The molecule has 2 aromatic rings. The molecular weight excluding hydrogens is 358 g/mol. The Bertz CT molecular complexity index is 664. The lowest BCUT2D eigenvalue weighted by atomic mass is 10.2. The van der Waals surface area contributed by atoms with Gasteiger partial charge in [0.2, 0.25) is 5.88 Å². The third-order valence-corrected chi connectivity index (χ3v) is 4.29. The molecule has 1 atom stereocenters. The van der Waals surface area contributed by atoms with Crippen LogP contribution in [0.4, 0.5) is 17.2 Å². The lowest BCUT2D eigenvalue weighted by molar-refractivity contribution is 0.400. The van der Waals surface area contributed by atoms with Crippen molar-refractivity contribution >= 4 is 33.1 Å². The first-order valence-corrected chi connectivity index (χ1v) is 8.36. The minimum atomic E-state index is 0.471. The SMILES string of the molecule is COc1ncc(Br)cc1Nc1ccc(N2CCNC[C@@H]2C)cn1. The van der Waals surface area contributed by atoms with Gasteiger partial charge < -0.3 is 20.3 Å². The second-order valence-electron chi connectivity index (χ2n) is 5.48. The highest BCUT2D eigenvalue weighted by atomic mass is 79.9. The van der Waals surface area contributed by atoms with E-state index in [-0.39, 0.29) is 0 Å². The fourth-order valence-electron chi connectivity index (χ4n) is 2.67. The molecule has 6 nitrogen and oxygen atoms in total. The minimum Gasteiger partial charge on any atom is -0.480 e. The summed E-state index contributed by atoms with van der Waals surface area (Å²) in [5.74, 6) is 1.30. The summed E-state index contributed by atoms with van der Waals surface area (Å²) in [6.07, 6.45) is 3.61. The fraction of sp³-hybridized carbons (Fsp3) is 0.375. The van der Waals surface area contributed by atoms with Gasteiger partial charge in [-0.05, 0) is 41.1 Å². The van der Waals surface area contributed by atoms with Crippen LogP contribution in [0.1, 0.15) is 6.92 Å². The summed E-state index contributed by atoms with van der Waals surface area (Å²) in [5.41, 5.74) is 1.92. The molecule has 0 aliphatic carbocycles. The van der Waals surface area contributed by atoms with Gasteiger partial charge in [-0.25, -0.2) is 9.97 Å². The lowest BCUT2D eigenvalue weighted by Gasteiger charge is -2.35. The minimum absolute atomic E-state index is 0.471. The average Bonchev–Trinajstić information content (AvgIpc) is 2.56. The molecule has 2 aromatic heterocycles. The molecule has 0 bridgehead atoms. The molecule has 2 N–H and O–H groups in total. The van der Waals surface area contributed by atoms with Crippen molar-refractivity contribution in [3.63, 3.8) is 0 Å². The number of hydrogen-bond acceptors (Lipinski definition) is 6. The van der Waals surface area contributed by atoms with Crippen LogP contribution in [0.3, 0.4) is 0 Å². The van der Waals surface area contributed by atoms with Crippen molar-refractivity contribution in [2.45, 2.75) is 13.0 Å². The van der Waals surface area contributed by atoms with Crippen molar-refractivity contribution in [3.8, 4) is 5.88 Å². The molecule has 1 aliphatic heterocycles. The smallest absolute Gasteiger partial charge is 0.237 e. The Hall–Kier alpha value is -1.86. The number of aromatic nitrogens is 2. The molecule has 1 aliphatic rings. The second-order valence-corrected chi connectivity index (χ2v) is 6.40. The maximum absolute atomic E-state index is 5.27. The molecule has 0 amide bonds. The number of rotatable bonds is 4. The summed E-state index contributed by atoms with van der Waals surface area (Å²) >= 11 is 3.42. The first kappa shape index (κ1) is 16.0. The Balaban J connectivity index is 1.76. The van der Waals surface area contributed by atoms with Crippen LogP contribution in [0.2, 0.25) is 0 Å². The molecule has 3 rings (SSSR count). The number of nitrogens with zero attached hydrogens (tertiary/aromatic N) is 3. The number of pyridine rings is 2. The van der Waals surface area contributed by atoms with Gasteiger partial charge in [-0.15, -0.1) is 0 Å². The van der Waals surface area contributed by atoms with Crippen molar-refractivity contribution in [1.82, 2.24) is 15.3 Å². The Morgan fingerprint density at radius 3 is 2.91 bits per heavy atom. The van der Waals surface area contributed by atoms with Gasteiger partial charge in [0.25, 0.3) is 0 Å². The van der Waals surface area contributed by atoms with E-state index in [1.54, 1.807) is 13.3 Å². The molecule has 0 radical (unpaired) electrons. The number of nitrogens with one attached hydrogen (secondary N) is 2. The molecule has 7 heteroatoms. The van der Waals surface area contributed by atoms with Crippen LogP contribution in [0, 0.1) is 0 Å². The quantitative estimate of drug-likeness (QED) is 0.853. The van der Waals surface area contributed by atoms with Crippen LogP contribution in [-0.2, 0) is 0 Å². The molecule has 1 fully saturated rings. The van der Waals surface area contributed by atoms with Gasteiger partial charge in [0.1, 0.15) is 11.5 Å². The van der Waals surface area contributed by atoms with Crippen molar-refractivity contribution in [1.29, 1.82) is 0 Å². The van der Waals surface area contributed by atoms with E-state index in [2.05, 4.69) is 54.4 Å². The topological polar surface area (TPSA) is 62.3 Å². The zero-order valence-electron chi connectivity index (χ0n) is 13.2. The summed E-state index contributed by atoms with van der Waals surface area (Å²) in [6.45, 7) is 5.22. The van der Waals surface area contributed by atoms with Crippen LogP contribution in [-0.4, -0.2) is 42.8 Å². The molecule has 0 spiro atoms. The van der Waals surface area contributed by atoms with E-state index in [1.165, 1.54) is 0 Å². The first-order chi connectivity index (χ1) is 11.2. The standard InChI is InChI=1S/C16H20BrN5O/c1-11-8-18-5-6-22(11)13-3-4-15(19-10-13)21-14-7-12(17)9-20-16(14)23-2/h3-4,7,9-11,18H,5-6,8H2,1-2H3,(H,19,21)/t11-/m0/s1. The molecule has 3 heterocycles. The predicted octanol–water partition coefficient (Wildman–Crippen LogP) is 2.79. The number of ether oxygens (including phenoxy) is 1. The number of anilines is 3. The summed E-state index contributed by atoms with van der Waals surface area (Å²) in [4.78, 5) is 11.1. The molecule has 23 heavy (non-hydrogen) atoms. The number of methoxy groups -OCH3 is 1. The highest BCUT2D eigenvalue weighted by Crippen LogP contribution is 2.28. The van der Waals surface area contributed by atoms with Crippen molar-refractivity contribution < 1.29 is 4.74 Å². The summed E-state index contributed by atoms with van der Waals surface area (Å²) < 4.78 is 6.15. The third-order valence-electron chi connectivity index (χ3n) is 3.85. The van der Waals surface area contributed by atoms with Gasteiger partial charge in [-0.1, -0.05) is 0 Å². The van der Waals surface area contributed by atoms with E-state index in [0.717, 1.165) is 41.3 Å². The zero-order valence-corrected chi connectivity index (χ0v) is 14.8. The van der Waals surface area contributed by atoms with Gasteiger partial charge in [0, 0.05) is 36.3 Å². The highest BCUT2D eigenvalue weighted by molar-refractivity contribution is 9.10. The van der Waals surface area contributed by atoms with E-state index in [0.29, 0.717) is 11.9 Å². The Morgan fingerprint density at radius 1 is 1.35 bits per heavy atom. The van der Waals surface area contributed by atoms with Crippen LogP contribution in [0.25, 0.3) is 0 Å². The molecule has 1 saturated heterocycles. The lowest BCUT2D eigenvalue weighted by Crippen LogP contribution is -2.49. The van der Waals surface area contributed by atoms with Crippen molar-refractivity contribution in [2.24, 2.45) is 0 Å². The molecule has 0 unspecified atom stereocenters. The van der Waals surface area contributed by atoms with E-state index in [1.807, 2.05) is 18.3 Å². The maximum Gasteiger partial charge on any atom is 0.237 e. The van der Waals surface area contributed by atoms with Gasteiger partial charge in [-0.2, -0.15) is 0 Å². The maximum atomic E-state index is 5.27. The normalized spacial score (nSPS) is 17.9. The van der Waals surface area contributed by atoms with Crippen LogP contribution >= 0.6 is 15.9 Å². The van der Waals surface area contributed by atoms with E-state index < -0.39 is 0 Å². The number of hydrogen-bond donors (Lipinski definition) is 2. The van der Waals surface area contributed by atoms with E-state index in [9.17, 15) is 0 Å². The zero-order chi connectivity index (χ0) is 16.2. The van der Waals surface area contributed by atoms with E-state index >= 15 is 0 Å². The van der Waals surface area contributed by atoms with E-state index in [4.69, 9.17) is 4.74 Å². The van der Waals surface area contributed by atoms with Crippen LogP contribution in [0.5, 0.6) is 5.88 Å². The van der Waals surface area contributed by atoms with Crippen LogP contribution < -0.4 is 20.3 Å².